The maximum absolute atomic E-state index is 14.5. The number of carbonyl (C=O) groups is 1. The van der Waals surface area contributed by atoms with E-state index in [0.717, 1.165) is 4.57 Å². The van der Waals surface area contributed by atoms with Crippen molar-refractivity contribution >= 4 is 28.7 Å². The molecule has 0 radical (unpaired) electrons. The van der Waals surface area contributed by atoms with Crippen molar-refractivity contribution in [2.45, 2.75) is 26.1 Å². The first-order valence-corrected chi connectivity index (χ1v) is 11.7. The van der Waals surface area contributed by atoms with Crippen molar-refractivity contribution in [3.05, 3.63) is 63.0 Å². The number of methoxy groups -OCH3 is 2. The summed E-state index contributed by atoms with van der Waals surface area (Å²) in [6.07, 6.45) is 0. The molecule has 0 atom stereocenters. The van der Waals surface area contributed by atoms with Crippen LogP contribution in [0.5, 0.6) is 23.1 Å². The maximum Gasteiger partial charge on any atom is 0.341 e. The molecular weight excluding hydrogens is 539 g/mol. The number of fused-ring (bicyclic) bond motifs is 1. The van der Waals surface area contributed by atoms with Gasteiger partial charge in [0, 0.05) is 12.1 Å². The first-order chi connectivity index (χ1) is 18.4. The summed E-state index contributed by atoms with van der Waals surface area (Å²) in [5.74, 6) is -1.76. The number of nitrogens with one attached hydrogen (secondary N) is 1. The second kappa shape index (κ2) is 10.8. The Morgan fingerprint density at radius 1 is 1.13 bits per heavy atom. The van der Waals surface area contributed by atoms with Gasteiger partial charge in [-0.15, -0.1) is 0 Å². The summed E-state index contributed by atoms with van der Waals surface area (Å²) in [5, 5.41) is 19.5. The molecule has 14 heteroatoms. The first kappa shape index (κ1) is 27.7. The van der Waals surface area contributed by atoms with Gasteiger partial charge in [-0.25, -0.2) is 23.5 Å². The summed E-state index contributed by atoms with van der Waals surface area (Å²) < 4.78 is 37.3. The summed E-state index contributed by atoms with van der Waals surface area (Å²) in [7, 11) is 2.72. The molecule has 3 N–H and O–H groups in total. The molecule has 2 heterocycles. The summed E-state index contributed by atoms with van der Waals surface area (Å²) in [6, 6.07) is 6.83. The molecule has 206 valence electrons. The number of imidazole rings is 1. The smallest absolute Gasteiger partial charge is 0.341 e. The zero-order valence-corrected chi connectivity index (χ0v) is 22.0. The van der Waals surface area contributed by atoms with E-state index >= 15 is 0 Å². The van der Waals surface area contributed by atoms with Gasteiger partial charge in [-0.1, -0.05) is 17.7 Å². The number of hydrogen-bond acceptors (Lipinski definition) is 9. The zero-order valence-electron chi connectivity index (χ0n) is 21.2. The van der Waals surface area contributed by atoms with E-state index in [4.69, 9.17) is 35.7 Å². The van der Waals surface area contributed by atoms with Crippen LogP contribution in [0.15, 0.2) is 35.1 Å². The number of aliphatic carboxylic acids is 1. The molecule has 2 aromatic carbocycles. The van der Waals surface area contributed by atoms with Crippen LogP contribution in [0.4, 0.5) is 4.39 Å². The van der Waals surface area contributed by atoms with Gasteiger partial charge in [0.2, 0.25) is 5.88 Å². The fourth-order valence-corrected chi connectivity index (χ4v) is 3.92. The summed E-state index contributed by atoms with van der Waals surface area (Å²) in [6.45, 7) is 1.88. The van der Waals surface area contributed by atoms with E-state index < -0.39 is 29.7 Å². The van der Waals surface area contributed by atoms with Crippen molar-refractivity contribution in [2.75, 3.05) is 20.8 Å². The molecule has 0 fully saturated rings. The van der Waals surface area contributed by atoms with E-state index in [0.29, 0.717) is 0 Å². The molecule has 12 nitrogen and oxygen atoms in total. The number of aromatic nitrogens is 4. The number of H-pyrrole nitrogens is 1. The second-order valence-corrected chi connectivity index (χ2v) is 9.13. The number of aliphatic hydroxyl groups is 1. The Labute approximate surface area is 225 Å². The van der Waals surface area contributed by atoms with Crippen molar-refractivity contribution in [1.82, 2.24) is 19.5 Å². The molecule has 0 unspecified atom stereocenters. The molecule has 4 aromatic rings. The van der Waals surface area contributed by atoms with Crippen LogP contribution in [0, 0.1) is 5.82 Å². The highest BCUT2D eigenvalue weighted by molar-refractivity contribution is 6.32. The Balaban J connectivity index is 1.89. The van der Waals surface area contributed by atoms with Gasteiger partial charge in [0.25, 0.3) is 0 Å². The summed E-state index contributed by atoms with van der Waals surface area (Å²) in [4.78, 5) is 35.3. The van der Waals surface area contributed by atoms with Gasteiger partial charge in [0.1, 0.15) is 29.3 Å². The number of rotatable bonds is 10. The maximum atomic E-state index is 14.5. The van der Waals surface area contributed by atoms with E-state index in [-0.39, 0.29) is 63.0 Å². The molecule has 0 amide bonds. The minimum Gasteiger partial charge on any atom is -0.496 e. The van der Waals surface area contributed by atoms with Crippen LogP contribution in [0.25, 0.3) is 16.9 Å². The van der Waals surface area contributed by atoms with Crippen LogP contribution in [0.2, 0.25) is 5.02 Å². The third-order valence-electron chi connectivity index (χ3n) is 5.52. The fraction of sp³-hybridized carbons (Fsp3) is 0.280. The fourth-order valence-electron chi connectivity index (χ4n) is 3.68. The van der Waals surface area contributed by atoms with Crippen molar-refractivity contribution < 1.29 is 38.3 Å². The lowest BCUT2D eigenvalue weighted by Gasteiger charge is -2.18. The largest absolute Gasteiger partial charge is 0.496 e. The molecule has 0 saturated carbocycles. The zero-order chi connectivity index (χ0) is 28.5. The Hall–Kier alpha value is -4.36. The van der Waals surface area contributed by atoms with Crippen LogP contribution < -0.4 is 24.6 Å². The Kier molecular flexibility index (Phi) is 7.65. The average molecular weight is 563 g/mol. The van der Waals surface area contributed by atoms with Gasteiger partial charge in [-0.05, 0) is 26.0 Å². The molecule has 0 aliphatic rings. The molecular formula is C25H24ClFN4O8. The third kappa shape index (κ3) is 5.59. The summed E-state index contributed by atoms with van der Waals surface area (Å²) in [5.41, 5.74) is -1.83. The number of halogens is 2. The summed E-state index contributed by atoms with van der Waals surface area (Å²) >= 11 is 6.51. The first-order valence-electron chi connectivity index (χ1n) is 11.4. The lowest BCUT2D eigenvalue weighted by molar-refractivity contribution is -0.139. The number of hydrogen-bond donors (Lipinski definition) is 3. The quantitative estimate of drug-likeness (QED) is 0.262. The molecule has 0 bridgehead atoms. The highest BCUT2D eigenvalue weighted by Crippen LogP contribution is 2.37. The minimum absolute atomic E-state index is 0.00799. The molecule has 0 aliphatic carbocycles. The molecule has 0 spiro atoms. The Bertz CT molecular complexity index is 1610. The van der Waals surface area contributed by atoms with Gasteiger partial charge in [-0.2, -0.15) is 4.98 Å². The lowest BCUT2D eigenvalue weighted by Crippen LogP contribution is -2.21. The number of ether oxygens (including phenoxy) is 4. The third-order valence-corrected chi connectivity index (χ3v) is 5.82. The van der Waals surface area contributed by atoms with Gasteiger partial charge >= 0.3 is 11.7 Å². The van der Waals surface area contributed by atoms with E-state index in [1.807, 2.05) is 0 Å². The number of carboxylic acids is 1. The van der Waals surface area contributed by atoms with Crippen LogP contribution in [-0.2, 0) is 17.0 Å². The Morgan fingerprint density at radius 2 is 1.85 bits per heavy atom. The second-order valence-electron chi connectivity index (χ2n) is 8.72. The van der Waals surface area contributed by atoms with Crippen LogP contribution in [0.3, 0.4) is 0 Å². The number of nitrogens with zero attached hydrogens (tertiary/aromatic N) is 3. The van der Waals surface area contributed by atoms with Gasteiger partial charge in [0.15, 0.2) is 29.6 Å². The number of aromatic amines is 1. The minimum atomic E-state index is -1.48. The SMILES string of the molecule is COc1cccc(F)c1COc1cc(-n2c(=O)[nH]c3c(OC)nc(C(C)(C)O)nc32)c(Cl)cc1OCC(=O)O. The molecule has 4 rings (SSSR count). The highest BCUT2D eigenvalue weighted by Gasteiger charge is 2.26. The van der Waals surface area contributed by atoms with Crippen molar-refractivity contribution in [3.8, 4) is 28.8 Å². The normalized spacial score (nSPS) is 11.5. The molecule has 0 saturated heterocycles. The van der Waals surface area contributed by atoms with Crippen molar-refractivity contribution in [1.29, 1.82) is 0 Å². The van der Waals surface area contributed by atoms with Crippen LogP contribution >= 0.6 is 11.6 Å². The molecule has 0 aliphatic heterocycles. The monoisotopic (exact) mass is 562 g/mol. The van der Waals surface area contributed by atoms with E-state index in [1.165, 1.54) is 52.3 Å². The van der Waals surface area contributed by atoms with E-state index in [9.17, 15) is 19.1 Å². The van der Waals surface area contributed by atoms with Gasteiger partial charge in [-0.3, -0.25) is 4.98 Å². The highest BCUT2D eigenvalue weighted by atomic mass is 35.5. The van der Waals surface area contributed by atoms with Gasteiger partial charge in [0.05, 0.1) is 30.5 Å². The standard InChI is InChI=1S/C25H24ClFN4O8/c1-25(2,35)23-29-21-20(22(30-23)37-4)28-24(34)31(21)15-9-18(17(8-13(15)26)39-11-19(32)33)38-10-12-14(27)6-5-7-16(12)36-3/h5-9,35H,10-11H2,1-4H3,(H,28,34)(H,32,33). The van der Waals surface area contributed by atoms with E-state index in [2.05, 4.69) is 15.0 Å². The van der Waals surface area contributed by atoms with E-state index in [1.54, 1.807) is 6.07 Å². The molecule has 39 heavy (non-hydrogen) atoms. The predicted molar refractivity (Wildman–Crippen MR) is 137 cm³/mol. The number of benzene rings is 2. The van der Waals surface area contributed by atoms with Gasteiger partial charge < -0.3 is 29.2 Å². The van der Waals surface area contributed by atoms with Crippen LogP contribution in [-0.4, -0.2) is 56.5 Å². The molecule has 2 aromatic heterocycles. The Morgan fingerprint density at radius 3 is 2.49 bits per heavy atom. The lowest BCUT2D eigenvalue weighted by atomic mass is 10.1. The topological polar surface area (TPSA) is 158 Å². The number of carboxylic acid groups (broad SMARTS) is 1. The van der Waals surface area contributed by atoms with Crippen molar-refractivity contribution in [2.24, 2.45) is 0 Å². The van der Waals surface area contributed by atoms with Crippen LogP contribution in [0.1, 0.15) is 25.2 Å². The average Bonchev–Trinajstić information content (AvgIpc) is 3.21. The predicted octanol–water partition coefficient (Wildman–Crippen LogP) is 3.19. The van der Waals surface area contributed by atoms with Crippen molar-refractivity contribution in [3.63, 3.8) is 0 Å².